The van der Waals surface area contributed by atoms with Gasteiger partial charge in [0.1, 0.15) is 12.3 Å². The van der Waals surface area contributed by atoms with Crippen LogP contribution in [0.5, 0.6) is 5.75 Å². The normalized spacial score (nSPS) is 14.2. The third kappa shape index (κ3) is 6.60. The second-order valence-electron chi connectivity index (χ2n) is 7.24. The third-order valence-electron chi connectivity index (χ3n) is 4.91. The molecule has 0 bridgehead atoms. The number of amides is 1. The number of nitrogens with zero attached hydrogens (tertiary/aromatic N) is 2. The van der Waals surface area contributed by atoms with Crippen molar-refractivity contribution in [1.29, 1.82) is 0 Å². The fraction of sp³-hybridized carbons (Fsp3) is 0.409. The van der Waals surface area contributed by atoms with Crippen LogP contribution in [0.2, 0.25) is 0 Å². The molecule has 168 valence electrons. The first kappa shape index (κ1) is 22.9. The van der Waals surface area contributed by atoms with E-state index >= 15 is 0 Å². The van der Waals surface area contributed by atoms with Crippen molar-refractivity contribution in [2.45, 2.75) is 13.5 Å². The molecule has 0 aliphatic carbocycles. The molecule has 0 aromatic heterocycles. The van der Waals surface area contributed by atoms with Crippen LogP contribution in [0.4, 0.5) is 11.4 Å². The van der Waals surface area contributed by atoms with Crippen LogP contribution in [0.3, 0.4) is 0 Å². The number of carbonyl (C=O) groups is 1. The molecule has 2 aromatic rings. The summed E-state index contributed by atoms with van der Waals surface area (Å²) < 4.78 is 36.5. The molecule has 2 aromatic carbocycles. The highest BCUT2D eigenvalue weighted by Gasteiger charge is 2.21. The third-order valence-corrected chi connectivity index (χ3v) is 6.05. The average Bonchev–Trinajstić information content (AvgIpc) is 2.77. The Morgan fingerprint density at radius 3 is 2.52 bits per heavy atom. The summed E-state index contributed by atoms with van der Waals surface area (Å²) in [5.41, 5.74) is 2.45. The molecule has 0 atom stereocenters. The molecule has 1 saturated heterocycles. The molecule has 0 radical (unpaired) electrons. The maximum Gasteiger partial charge on any atom is 0.241 e. The molecule has 3 rings (SSSR count). The monoisotopic (exact) mass is 447 g/mol. The minimum absolute atomic E-state index is 0.305. The van der Waals surface area contributed by atoms with Crippen molar-refractivity contribution in [2.24, 2.45) is 0 Å². The van der Waals surface area contributed by atoms with E-state index in [1.807, 2.05) is 31.2 Å². The highest BCUT2D eigenvalue weighted by Crippen LogP contribution is 2.23. The van der Waals surface area contributed by atoms with Crippen LogP contribution in [-0.4, -0.2) is 60.0 Å². The van der Waals surface area contributed by atoms with Gasteiger partial charge in [0.25, 0.3) is 0 Å². The van der Waals surface area contributed by atoms with Gasteiger partial charge in [0.05, 0.1) is 31.8 Å². The van der Waals surface area contributed by atoms with Crippen LogP contribution in [0, 0.1) is 0 Å². The van der Waals surface area contributed by atoms with Crippen molar-refractivity contribution in [3.8, 4) is 5.75 Å². The van der Waals surface area contributed by atoms with Crippen LogP contribution in [0.15, 0.2) is 48.5 Å². The second-order valence-corrected chi connectivity index (χ2v) is 9.15. The van der Waals surface area contributed by atoms with E-state index in [0.29, 0.717) is 24.6 Å². The van der Waals surface area contributed by atoms with E-state index in [0.717, 1.165) is 48.1 Å². The molecule has 1 fully saturated rings. The van der Waals surface area contributed by atoms with E-state index in [2.05, 4.69) is 10.2 Å². The number of sulfonamides is 1. The van der Waals surface area contributed by atoms with Crippen molar-refractivity contribution in [3.05, 3.63) is 54.1 Å². The zero-order chi connectivity index (χ0) is 22.3. The van der Waals surface area contributed by atoms with E-state index < -0.39 is 10.0 Å². The van der Waals surface area contributed by atoms with E-state index in [1.54, 1.807) is 24.3 Å². The average molecular weight is 448 g/mol. The molecule has 0 unspecified atom stereocenters. The summed E-state index contributed by atoms with van der Waals surface area (Å²) in [7, 11) is -3.64. The number of benzene rings is 2. The van der Waals surface area contributed by atoms with E-state index in [1.165, 1.54) is 0 Å². The lowest BCUT2D eigenvalue weighted by Gasteiger charge is -2.29. The predicted molar refractivity (Wildman–Crippen MR) is 121 cm³/mol. The van der Waals surface area contributed by atoms with Crippen LogP contribution in [-0.2, 0) is 26.1 Å². The van der Waals surface area contributed by atoms with Gasteiger partial charge < -0.3 is 19.7 Å². The molecule has 0 spiro atoms. The molecule has 1 N–H and O–H groups in total. The van der Waals surface area contributed by atoms with Crippen molar-refractivity contribution < 1.29 is 22.7 Å². The van der Waals surface area contributed by atoms with Gasteiger partial charge in [0, 0.05) is 31.4 Å². The molecular weight excluding hydrogens is 418 g/mol. The number of anilines is 2. The highest BCUT2D eigenvalue weighted by molar-refractivity contribution is 7.92. The Morgan fingerprint density at radius 2 is 1.87 bits per heavy atom. The predicted octanol–water partition coefficient (Wildman–Crippen LogP) is 2.00. The number of morpholine rings is 1. The van der Waals surface area contributed by atoms with E-state index in [9.17, 15) is 13.2 Å². The standard InChI is InChI=1S/C22H29N3O5S/c1-3-30-21-6-4-5-20(15-21)25(31(2,27)28)17-22(26)23-16-18-7-9-19(10-8-18)24-11-13-29-14-12-24/h4-10,15H,3,11-14,16-17H2,1-2H3,(H,23,26). The molecule has 1 aliphatic heterocycles. The van der Waals surface area contributed by atoms with Crippen molar-refractivity contribution in [3.63, 3.8) is 0 Å². The first-order chi connectivity index (χ1) is 14.9. The van der Waals surface area contributed by atoms with Crippen molar-refractivity contribution in [1.82, 2.24) is 5.32 Å². The first-order valence-electron chi connectivity index (χ1n) is 10.3. The Hall–Kier alpha value is -2.78. The maximum atomic E-state index is 12.5. The smallest absolute Gasteiger partial charge is 0.241 e. The van der Waals surface area contributed by atoms with Crippen LogP contribution < -0.4 is 19.3 Å². The molecule has 9 heteroatoms. The summed E-state index contributed by atoms with van der Waals surface area (Å²) >= 11 is 0. The van der Waals surface area contributed by atoms with E-state index in [-0.39, 0.29) is 12.5 Å². The highest BCUT2D eigenvalue weighted by atomic mass is 32.2. The van der Waals surface area contributed by atoms with Gasteiger partial charge in [-0.2, -0.15) is 0 Å². The lowest BCUT2D eigenvalue weighted by Crippen LogP contribution is -2.40. The number of rotatable bonds is 9. The Kier molecular flexibility index (Phi) is 7.75. The van der Waals surface area contributed by atoms with Gasteiger partial charge in [0.15, 0.2) is 0 Å². The fourth-order valence-corrected chi connectivity index (χ4v) is 4.18. The Morgan fingerprint density at radius 1 is 1.16 bits per heavy atom. The van der Waals surface area contributed by atoms with Gasteiger partial charge in [-0.1, -0.05) is 18.2 Å². The van der Waals surface area contributed by atoms with Gasteiger partial charge in [-0.15, -0.1) is 0 Å². The first-order valence-corrected chi connectivity index (χ1v) is 12.1. The molecule has 31 heavy (non-hydrogen) atoms. The molecule has 1 aliphatic rings. The van der Waals surface area contributed by atoms with E-state index in [4.69, 9.17) is 9.47 Å². The lowest BCUT2D eigenvalue weighted by molar-refractivity contribution is -0.119. The number of hydrogen-bond acceptors (Lipinski definition) is 6. The van der Waals surface area contributed by atoms with Crippen molar-refractivity contribution in [2.75, 3.05) is 54.9 Å². The van der Waals surface area contributed by atoms with Crippen LogP contribution in [0.25, 0.3) is 0 Å². The van der Waals surface area contributed by atoms with Gasteiger partial charge >= 0.3 is 0 Å². The SMILES string of the molecule is CCOc1cccc(N(CC(=O)NCc2ccc(N3CCOCC3)cc2)S(C)(=O)=O)c1. The molecule has 8 nitrogen and oxygen atoms in total. The molecule has 1 heterocycles. The largest absolute Gasteiger partial charge is 0.494 e. The Labute approximate surface area is 183 Å². The minimum atomic E-state index is -3.64. The van der Waals surface area contributed by atoms with Crippen molar-refractivity contribution >= 4 is 27.3 Å². The van der Waals surface area contributed by atoms with Gasteiger partial charge in [-0.25, -0.2) is 8.42 Å². The zero-order valence-corrected chi connectivity index (χ0v) is 18.7. The fourth-order valence-electron chi connectivity index (χ4n) is 3.33. The summed E-state index contributed by atoms with van der Waals surface area (Å²) in [6, 6.07) is 14.7. The summed E-state index contributed by atoms with van der Waals surface area (Å²) in [6.45, 7) is 5.50. The van der Waals surface area contributed by atoms with Gasteiger partial charge in [-0.05, 0) is 36.8 Å². The summed E-state index contributed by atoms with van der Waals surface area (Å²) in [5, 5.41) is 2.80. The zero-order valence-electron chi connectivity index (χ0n) is 17.9. The molecular formula is C22H29N3O5S. The van der Waals surface area contributed by atoms with Crippen LogP contribution in [0.1, 0.15) is 12.5 Å². The maximum absolute atomic E-state index is 12.5. The number of nitrogens with one attached hydrogen (secondary N) is 1. The number of hydrogen-bond donors (Lipinski definition) is 1. The summed E-state index contributed by atoms with van der Waals surface area (Å²) in [4.78, 5) is 14.8. The number of carbonyl (C=O) groups excluding carboxylic acids is 1. The summed E-state index contributed by atoms with van der Waals surface area (Å²) in [6.07, 6.45) is 1.08. The summed E-state index contributed by atoms with van der Waals surface area (Å²) in [5.74, 6) is 0.166. The lowest BCUT2D eigenvalue weighted by atomic mass is 10.2. The topological polar surface area (TPSA) is 88.2 Å². The Balaban J connectivity index is 1.60. The Bertz CT molecular complexity index is 973. The van der Waals surface area contributed by atoms with Gasteiger partial charge in [0.2, 0.25) is 15.9 Å². The second kappa shape index (κ2) is 10.5. The van der Waals surface area contributed by atoms with Gasteiger partial charge in [-0.3, -0.25) is 9.10 Å². The minimum Gasteiger partial charge on any atom is -0.494 e. The number of ether oxygens (including phenoxy) is 2. The molecule has 0 saturated carbocycles. The quantitative estimate of drug-likeness (QED) is 0.633. The molecule has 1 amide bonds. The van der Waals surface area contributed by atoms with Crippen LogP contribution >= 0.6 is 0 Å².